The molecule has 9 heteroatoms. The largest absolute Gasteiger partial charge is 0.494 e. The molecule has 0 fully saturated rings. The van der Waals surface area contributed by atoms with Crippen molar-refractivity contribution in [3.05, 3.63) is 70.7 Å². The third-order valence-electron chi connectivity index (χ3n) is 4.77. The summed E-state index contributed by atoms with van der Waals surface area (Å²) < 4.78 is 19.5. The summed E-state index contributed by atoms with van der Waals surface area (Å²) in [7, 11) is 1.28. The van der Waals surface area contributed by atoms with Crippen molar-refractivity contribution in [2.24, 2.45) is 0 Å². The molecule has 7 nitrogen and oxygen atoms in total. The minimum Gasteiger partial charge on any atom is -0.494 e. The van der Waals surface area contributed by atoms with Crippen LogP contribution in [-0.2, 0) is 16.1 Å². The molecule has 0 spiro atoms. The predicted molar refractivity (Wildman–Crippen MR) is 116 cm³/mol. The van der Waals surface area contributed by atoms with Crippen molar-refractivity contribution < 1.29 is 23.8 Å². The molecule has 0 atom stereocenters. The molecule has 2 N–H and O–H groups in total. The normalized spacial score (nSPS) is 10.7. The summed E-state index contributed by atoms with van der Waals surface area (Å²) in [5.41, 5.74) is 2.71. The van der Waals surface area contributed by atoms with E-state index < -0.39 is 5.97 Å². The lowest BCUT2D eigenvalue weighted by atomic mass is 10.2. The molecular weight excluding hydrogens is 421 g/mol. The lowest BCUT2D eigenvalue weighted by molar-refractivity contribution is -0.113. The first-order valence-corrected chi connectivity index (χ1v) is 10.4. The van der Waals surface area contributed by atoms with E-state index in [-0.39, 0.29) is 28.9 Å². The van der Waals surface area contributed by atoms with Gasteiger partial charge in [0, 0.05) is 11.8 Å². The summed E-state index contributed by atoms with van der Waals surface area (Å²) in [4.78, 5) is 27.9. The fourth-order valence-electron chi connectivity index (χ4n) is 2.95. The number of pyridine rings is 1. The zero-order valence-electron chi connectivity index (χ0n) is 17.3. The average molecular weight is 444 g/mol. The summed E-state index contributed by atoms with van der Waals surface area (Å²) >= 11 is 1.29. The van der Waals surface area contributed by atoms with Crippen LogP contribution in [0.25, 0.3) is 0 Å². The number of benzene rings is 1. The number of carbonyl (C=O) groups excluding carboxylic acids is 2. The fraction of sp³-hybridized carbons (Fsp3) is 0.227. The molecule has 0 radical (unpaired) electrons. The van der Waals surface area contributed by atoms with Gasteiger partial charge in [0.2, 0.25) is 5.91 Å². The van der Waals surface area contributed by atoms with Gasteiger partial charge < -0.3 is 19.7 Å². The first-order valence-electron chi connectivity index (χ1n) is 9.40. The van der Waals surface area contributed by atoms with Crippen molar-refractivity contribution in [1.82, 2.24) is 9.55 Å². The Balaban J connectivity index is 1.69. The maximum Gasteiger partial charge on any atom is 0.339 e. The fourth-order valence-corrected chi connectivity index (χ4v) is 3.97. The molecule has 1 amide bonds. The van der Waals surface area contributed by atoms with Crippen LogP contribution in [0.15, 0.2) is 47.6 Å². The molecule has 0 saturated carbocycles. The molecule has 0 aliphatic heterocycles. The van der Waals surface area contributed by atoms with Crippen molar-refractivity contribution >= 4 is 29.5 Å². The zero-order chi connectivity index (χ0) is 22.5. The van der Waals surface area contributed by atoms with Gasteiger partial charge in [-0.1, -0.05) is 23.9 Å². The second-order valence-electron chi connectivity index (χ2n) is 6.85. The number of aromatic hydroxyl groups is 1. The quantitative estimate of drug-likeness (QED) is 0.425. The number of halogens is 1. The molecule has 3 aromatic rings. The Kier molecular flexibility index (Phi) is 6.96. The van der Waals surface area contributed by atoms with E-state index >= 15 is 0 Å². The van der Waals surface area contributed by atoms with Crippen LogP contribution in [0.2, 0.25) is 0 Å². The van der Waals surface area contributed by atoms with E-state index in [2.05, 4.69) is 15.0 Å². The topological polar surface area (TPSA) is 93.5 Å². The number of hydrogen-bond donors (Lipinski definition) is 2. The highest BCUT2D eigenvalue weighted by atomic mass is 32.2. The molecule has 162 valence electrons. The van der Waals surface area contributed by atoms with Crippen molar-refractivity contribution in [2.75, 3.05) is 18.2 Å². The highest BCUT2D eigenvalue weighted by Crippen LogP contribution is 2.35. The number of anilines is 1. The number of amides is 1. The maximum absolute atomic E-state index is 13.2. The smallest absolute Gasteiger partial charge is 0.339 e. The first kappa shape index (κ1) is 22.4. The Morgan fingerprint density at radius 2 is 1.87 bits per heavy atom. The summed E-state index contributed by atoms with van der Waals surface area (Å²) in [6.07, 6.45) is 1.33. The van der Waals surface area contributed by atoms with Gasteiger partial charge in [-0.25, -0.2) is 14.2 Å². The van der Waals surface area contributed by atoms with Crippen LogP contribution in [0.4, 0.5) is 10.2 Å². The summed E-state index contributed by atoms with van der Waals surface area (Å²) in [5, 5.41) is 14.0. The third-order valence-corrected chi connectivity index (χ3v) is 5.97. The monoisotopic (exact) mass is 443 g/mol. The van der Waals surface area contributed by atoms with E-state index in [1.165, 1.54) is 49.3 Å². The lowest BCUT2D eigenvalue weighted by Gasteiger charge is -2.11. The number of aromatic nitrogens is 2. The van der Waals surface area contributed by atoms with E-state index in [1.54, 1.807) is 16.7 Å². The number of nitrogens with one attached hydrogen (secondary N) is 1. The van der Waals surface area contributed by atoms with Crippen LogP contribution in [0, 0.1) is 19.7 Å². The molecule has 0 saturated heterocycles. The Labute approximate surface area is 183 Å². The number of rotatable bonds is 7. The van der Waals surface area contributed by atoms with Gasteiger partial charge in [-0.3, -0.25) is 4.79 Å². The highest BCUT2D eigenvalue weighted by molar-refractivity contribution is 8.00. The molecule has 2 heterocycles. The number of thioether (sulfide) groups is 1. The lowest BCUT2D eigenvalue weighted by Crippen LogP contribution is -2.16. The molecule has 0 bridgehead atoms. The minimum absolute atomic E-state index is 0.0909. The van der Waals surface area contributed by atoms with Crippen LogP contribution in [0.3, 0.4) is 0 Å². The van der Waals surface area contributed by atoms with Gasteiger partial charge in [0.25, 0.3) is 0 Å². The number of esters is 1. The van der Waals surface area contributed by atoms with Gasteiger partial charge in [0.1, 0.15) is 11.6 Å². The van der Waals surface area contributed by atoms with Crippen molar-refractivity contribution in [3.8, 4) is 5.88 Å². The first-order chi connectivity index (χ1) is 14.8. The molecule has 0 unspecified atom stereocenters. The number of nitrogens with zero attached hydrogens (tertiary/aromatic N) is 2. The van der Waals surface area contributed by atoms with Crippen LogP contribution < -0.4 is 5.32 Å². The van der Waals surface area contributed by atoms with Gasteiger partial charge in [0.15, 0.2) is 5.88 Å². The van der Waals surface area contributed by atoms with Crippen LogP contribution in [-0.4, -0.2) is 39.4 Å². The Bertz CT molecular complexity index is 1100. The van der Waals surface area contributed by atoms with Crippen LogP contribution >= 0.6 is 11.8 Å². The molecule has 0 aliphatic rings. The highest BCUT2D eigenvalue weighted by Gasteiger charge is 2.19. The van der Waals surface area contributed by atoms with E-state index in [0.29, 0.717) is 12.4 Å². The summed E-state index contributed by atoms with van der Waals surface area (Å²) in [6, 6.07) is 9.09. The molecule has 3 rings (SSSR count). The van der Waals surface area contributed by atoms with Gasteiger partial charge in [-0.05, 0) is 49.2 Å². The van der Waals surface area contributed by atoms with Gasteiger partial charge in [-0.15, -0.1) is 0 Å². The van der Waals surface area contributed by atoms with Crippen molar-refractivity contribution in [3.63, 3.8) is 0 Å². The number of ether oxygens (including phenoxy) is 1. The number of carbonyl (C=O) groups is 2. The predicted octanol–water partition coefficient (Wildman–Crippen LogP) is 3.91. The van der Waals surface area contributed by atoms with Gasteiger partial charge >= 0.3 is 5.97 Å². The second kappa shape index (κ2) is 9.65. The van der Waals surface area contributed by atoms with E-state index in [9.17, 15) is 19.1 Å². The maximum atomic E-state index is 13.2. The molecule has 2 aromatic heterocycles. The van der Waals surface area contributed by atoms with Gasteiger partial charge in [-0.2, -0.15) is 0 Å². The molecular formula is C22H22FN3O4S. The SMILES string of the molecule is COC(=O)c1ccc(NC(=O)CSc2c(C)c(C)c(O)n2Cc2ccc(F)cc2)nc1. The van der Waals surface area contributed by atoms with Crippen LogP contribution in [0.1, 0.15) is 27.0 Å². The van der Waals surface area contributed by atoms with E-state index in [1.807, 2.05) is 13.8 Å². The molecule has 1 aromatic carbocycles. The van der Waals surface area contributed by atoms with Crippen LogP contribution in [0.5, 0.6) is 5.88 Å². The second-order valence-corrected chi connectivity index (χ2v) is 7.82. The summed E-state index contributed by atoms with van der Waals surface area (Å²) in [5.74, 6) is -0.594. The number of methoxy groups -OCH3 is 1. The molecule has 31 heavy (non-hydrogen) atoms. The van der Waals surface area contributed by atoms with Crippen molar-refractivity contribution in [2.45, 2.75) is 25.4 Å². The molecule has 0 aliphatic carbocycles. The summed E-state index contributed by atoms with van der Waals surface area (Å²) in [6.45, 7) is 4.04. The van der Waals surface area contributed by atoms with E-state index in [4.69, 9.17) is 0 Å². The number of hydrogen-bond acceptors (Lipinski definition) is 6. The van der Waals surface area contributed by atoms with E-state index in [0.717, 1.165) is 21.7 Å². The average Bonchev–Trinajstić information content (AvgIpc) is 2.97. The Hall–Kier alpha value is -3.33. The zero-order valence-corrected chi connectivity index (χ0v) is 18.1. The Morgan fingerprint density at radius 1 is 1.16 bits per heavy atom. The Morgan fingerprint density at radius 3 is 2.48 bits per heavy atom. The third kappa shape index (κ3) is 5.24. The minimum atomic E-state index is -0.506. The standard InChI is InChI=1S/C22H22FN3O4S/c1-13-14(2)21(26(20(13)28)11-15-4-7-17(23)8-5-15)31-12-19(27)25-18-9-6-16(10-24-18)22(29)30-3/h4-10,28H,11-12H2,1-3H3,(H,24,25,27). The van der Waals surface area contributed by atoms with Gasteiger partial charge in [0.05, 0.1) is 30.0 Å². The van der Waals surface area contributed by atoms with Crippen molar-refractivity contribution in [1.29, 1.82) is 0 Å².